The van der Waals surface area contributed by atoms with E-state index in [1.807, 2.05) is 0 Å². The highest BCUT2D eigenvalue weighted by atomic mass is 79.9. The second kappa shape index (κ2) is 3.35. The van der Waals surface area contributed by atoms with E-state index in [1.54, 1.807) is 12.1 Å². The van der Waals surface area contributed by atoms with Crippen LogP contribution >= 0.6 is 27.5 Å². The molecule has 0 saturated heterocycles. The number of alkyl halides is 1. The van der Waals surface area contributed by atoms with Crippen molar-refractivity contribution in [1.29, 1.82) is 0 Å². The summed E-state index contributed by atoms with van der Waals surface area (Å²) in [6.07, 6.45) is 0. The first-order chi connectivity index (χ1) is 4.75. The van der Waals surface area contributed by atoms with Gasteiger partial charge in [0.15, 0.2) is 0 Å². The fourth-order valence-electron chi connectivity index (χ4n) is 0.652. The summed E-state index contributed by atoms with van der Waals surface area (Å²) in [6, 6.07) is 4.76. The van der Waals surface area contributed by atoms with Gasteiger partial charge < -0.3 is 0 Å². The maximum atomic E-state index is 12.6. The van der Waals surface area contributed by atoms with Crippen LogP contribution in [-0.4, -0.2) is 0 Å². The molecule has 0 spiro atoms. The third kappa shape index (κ3) is 1.50. The zero-order valence-electron chi connectivity index (χ0n) is 5.07. The Morgan fingerprint density at radius 1 is 1.50 bits per heavy atom. The van der Waals surface area contributed by atoms with E-state index in [0.717, 1.165) is 5.56 Å². The molecule has 0 unspecified atom stereocenters. The van der Waals surface area contributed by atoms with Gasteiger partial charge in [-0.1, -0.05) is 39.7 Å². The van der Waals surface area contributed by atoms with Gasteiger partial charge in [0, 0.05) is 5.33 Å². The first-order valence-corrected chi connectivity index (χ1v) is 4.24. The van der Waals surface area contributed by atoms with Crippen molar-refractivity contribution in [1.82, 2.24) is 0 Å². The van der Waals surface area contributed by atoms with Gasteiger partial charge in [0.1, 0.15) is 5.82 Å². The van der Waals surface area contributed by atoms with Crippen molar-refractivity contribution < 1.29 is 4.39 Å². The van der Waals surface area contributed by atoms with E-state index in [4.69, 9.17) is 11.6 Å². The predicted molar refractivity (Wildman–Crippen MR) is 44.0 cm³/mol. The fraction of sp³-hybridized carbons (Fsp3) is 0.143. The number of hydrogen-bond donors (Lipinski definition) is 0. The van der Waals surface area contributed by atoms with Gasteiger partial charge in [-0.15, -0.1) is 0 Å². The minimum atomic E-state index is -0.362. The minimum absolute atomic E-state index is 0.208. The molecule has 0 N–H and O–H groups in total. The van der Waals surface area contributed by atoms with E-state index in [1.165, 1.54) is 6.07 Å². The second-order valence-electron chi connectivity index (χ2n) is 1.85. The highest BCUT2D eigenvalue weighted by Crippen LogP contribution is 2.21. The van der Waals surface area contributed by atoms with Crippen molar-refractivity contribution in [2.24, 2.45) is 0 Å². The maximum Gasteiger partial charge on any atom is 0.142 e. The molecule has 0 heterocycles. The third-order valence-electron chi connectivity index (χ3n) is 1.18. The molecule has 0 aliphatic carbocycles. The van der Waals surface area contributed by atoms with Crippen LogP contribution < -0.4 is 0 Å². The van der Waals surface area contributed by atoms with E-state index < -0.39 is 0 Å². The average molecular weight is 223 g/mol. The molecule has 0 aliphatic rings. The summed E-state index contributed by atoms with van der Waals surface area (Å²) < 4.78 is 12.6. The van der Waals surface area contributed by atoms with Crippen molar-refractivity contribution in [2.75, 3.05) is 0 Å². The van der Waals surface area contributed by atoms with Gasteiger partial charge in [0.05, 0.1) is 5.02 Å². The molecule has 0 aliphatic heterocycles. The SMILES string of the molecule is Fc1cccc(CBr)c1Cl. The summed E-state index contributed by atoms with van der Waals surface area (Å²) >= 11 is 8.78. The Bertz CT molecular complexity index is 237. The lowest BCUT2D eigenvalue weighted by atomic mass is 10.2. The van der Waals surface area contributed by atoms with Crippen molar-refractivity contribution in [3.63, 3.8) is 0 Å². The lowest BCUT2D eigenvalue weighted by Gasteiger charge is -1.98. The monoisotopic (exact) mass is 222 g/mol. The molecule has 0 atom stereocenters. The summed E-state index contributed by atoms with van der Waals surface area (Å²) in [7, 11) is 0. The zero-order valence-corrected chi connectivity index (χ0v) is 7.41. The van der Waals surface area contributed by atoms with Crippen LogP contribution in [0, 0.1) is 5.82 Å². The summed E-state index contributed by atoms with van der Waals surface area (Å²) in [5.41, 5.74) is 0.779. The van der Waals surface area contributed by atoms with Crippen molar-refractivity contribution >= 4 is 27.5 Å². The Labute approximate surface area is 72.1 Å². The van der Waals surface area contributed by atoms with E-state index in [-0.39, 0.29) is 10.8 Å². The van der Waals surface area contributed by atoms with Gasteiger partial charge >= 0.3 is 0 Å². The van der Waals surface area contributed by atoms with Crippen LogP contribution in [0.1, 0.15) is 5.56 Å². The first kappa shape index (κ1) is 8.02. The Morgan fingerprint density at radius 2 is 2.20 bits per heavy atom. The molecule has 0 fully saturated rings. The largest absolute Gasteiger partial charge is 0.205 e. The highest BCUT2D eigenvalue weighted by Gasteiger charge is 2.02. The van der Waals surface area contributed by atoms with Gasteiger partial charge in [-0.05, 0) is 11.6 Å². The van der Waals surface area contributed by atoms with Gasteiger partial charge in [-0.2, -0.15) is 0 Å². The zero-order chi connectivity index (χ0) is 7.56. The van der Waals surface area contributed by atoms with Crippen LogP contribution in [0.5, 0.6) is 0 Å². The van der Waals surface area contributed by atoms with Crippen molar-refractivity contribution in [3.8, 4) is 0 Å². The molecule has 10 heavy (non-hydrogen) atoms. The Hall–Kier alpha value is -0.0800. The predicted octanol–water partition coefficient (Wildman–Crippen LogP) is 3.37. The van der Waals surface area contributed by atoms with E-state index in [2.05, 4.69) is 15.9 Å². The lowest BCUT2D eigenvalue weighted by Crippen LogP contribution is -1.82. The van der Waals surface area contributed by atoms with Crippen LogP contribution in [0.2, 0.25) is 5.02 Å². The summed E-state index contributed by atoms with van der Waals surface area (Å²) in [5, 5.41) is 0.795. The molecule has 0 aromatic heterocycles. The summed E-state index contributed by atoms with van der Waals surface area (Å²) in [6.45, 7) is 0. The van der Waals surface area contributed by atoms with Gasteiger partial charge in [0.2, 0.25) is 0 Å². The second-order valence-corrected chi connectivity index (χ2v) is 2.79. The molecule has 1 aromatic rings. The van der Waals surface area contributed by atoms with Crippen LogP contribution in [0.4, 0.5) is 4.39 Å². The average Bonchev–Trinajstić information content (AvgIpc) is 1.95. The van der Waals surface area contributed by atoms with Crippen LogP contribution in [0.15, 0.2) is 18.2 Å². The van der Waals surface area contributed by atoms with E-state index in [9.17, 15) is 4.39 Å². The van der Waals surface area contributed by atoms with Crippen molar-refractivity contribution in [2.45, 2.75) is 5.33 Å². The third-order valence-corrected chi connectivity index (χ3v) is 2.20. The van der Waals surface area contributed by atoms with E-state index >= 15 is 0 Å². The molecular formula is C7H5BrClF. The van der Waals surface area contributed by atoms with Crippen LogP contribution in [0.25, 0.3) is 0 Å². The lowest BCUT2D eigenvalue weighted by molar-refractivity contribution is 0.627. The minimum Gasteiger partial charge on any atom is -0.205 e. The first-order valence-electron chi connectivity index (χ1n) is 2.74. The summed E-state index contributed by atoms with van der Waals surface area (Å²) in [5.74, 6) is -0.362. The van der Waals surface area contributed by atoms with Crippen LogP contribution in [-0.2, 0) is 5.33 Å². The quantitative estimate of drug-likeness (QED) is 0.640. The molecule has 0 bridgehead atoms. The molecule has 0 radical (unpaired) electrons. The molecule has 54 valence electrons. The molecule has 1 rings (SSSR count). The van der Waals surface area contributed by atoms with Crippen molar-refractivity contribution in [3.05, 3.63) is 34.6 Å². The topological polar surface area (TPSA) is 0 Å². The molecule has 0 nitrogen and oxygen atoms in total. The molecule has 1 aromatic carbocycles. The van der Waals surface area contributed by atoms with Gasteiger partial charge in [0.25, 0.3) is 0 Å². The number of benzene rings is 1. The highest BCUT2D eigenvalue weighted by molar-refractivity contribution is 9.08. The maximum absolute atomic E-state index is 12.6. The molecular weight excluding hydrogens is 218 g/mol. The van der Waals surface area contributed by atoms with Gasteiger partial charge in [-0.3, -0.25) is 0 Å². The number of hydrogen-bond acceptors (Lipinski definition) is 0. The Morgan fingerprint density at radius 3 is 2.70 bits per heavy atom. The number of rotatable bonds is 1. The van der Waals surface area contributed by atoms with E-state index in [0.29, 0.717) is 5.33 Å². The Balaban J connectivity index is 3.14. The van der Waals surface area contributed by atoms with Gasteiger partial charge in [-0.25, -0.2) is 4.39 Å². The van der Waals surface area contributed by atoms with Crippen LogP contribution in [0.3, 0.4) is 0 Å². The normalized spacial score (nSPS) is 9.90. The molecule has 0 saturated carbocycles. The number of halogens is 3. The smallest absolute Gasteiger partial charge is 0.142 e. The Kier molecular flexibility index (Phi) is 2.69. The molecule has 3 heteroatoms. The molecule has 0 amide bonds. The summed E-state index contributed by atoms with van der Waals surface area (Å²) in [4.78, 5) is 0. The standard InChI is InChI=1S/C7H5BrClF/c8-4-5-2-1-3-6(10)7(5)9/h1-3H,4H2. The fourth-order valence-corrected chi connectivity index (χ4v) is 1.47.